The topological polar surface area (TPSA) is 130 Å². The minimum Gasteiger partial charge on any atom is -0.398 e. The Morgan fingerprint density at radius 1 is 1.14 bits per heavy atom. The van der Waals surface area contributed by atoms with Gasteiger partial charge in [0.15, 0.2) is 0 Å². The zero-order valence-corrected chi connectivity index (χ0v) is 25.4. The Bertz CT molecular complexity index is 1670. The molecular weight excluding hydrogens is 581 g/mol. The summed E-state index contributed by atoms with van der Waals surface area (Å²) in [5, 5.41) is 15.2. The molecule has 3 aromatic carbocycles. The highest BCUT2D eigenvalue weighted by molar-refractivity contribution is 7.13. The molecule has 0 atom stereocenters. The van der Waals surface area contributed by atoms with Crippen molar-refractivity contribution >= 4 is 40.7 Å². The zero-order chi connectivity index (χ0) is 31.3. The summed E-state index contributed by atoms with van der Waals surface area (Å²) in [7, 11) is 0. The van der Waals surface area contributed by atoms with Gasteiger partial charge in [-0.05, 0) is 74.4 Å². The second kappa shape index (κ2) is 13.5. The molecule has 0 aliphatic carbocycles. The van der Waals surface area contributed by atoms with Gasteiger partial charge in [-0.3, -0.25) is 14.6 Å². The van der Waals surface area contributed by atoms with Crippen molar-refractivity contribution in [3.63, 3.8) is 0 Å². The van der Waals surface area contributed by atoms with Crippen LogP contribution in [-0.4, -0.2) is 71.5 Å². The van der Waals surface area contributed by atoms with E-state index in [1.807, 2.05) is 6.07 Å². The number of aliphatic hydroxyl groups is 1. The lowest BCUT2D eigenvalue weighted by molar-refractivity contribution is 0.0303. The molecule has 228 valence electrons. The zero-order valence-electron chi connectivity index (χ0n) is 24.5. The van der Waals surface area contributed by atoms with E-state index >= 15 is 0 Å². The van der Waals surface area contributed by atoms with Crippen molar-refractivity contribution in [3.05, 3.63) is 88.7 Å². The number of nitrogens with one attached hydrogen (secondary N) is 1. The molecule has 4 aromatic rings. The Balaban J connectivity index is 1.47. The van der Waals surface area contributed by atoms with Crippen LogP contribution in [0.1, 0.15) is 46.7 Å². The van der Waals surface area contributed by atoms with Crippen molar-refractivity contribution in [2.24, 2.45) is 4.99 Å². The van der Waals surface area contributed by atoms with Crippen LogP contribution in [0, 0.1) is 5.82 Å². The number of anilines is 2. The Labute approximate surface area is 259 Å². The molecule has 0 unspecified atom stereocenters. The number of nitrogens with zero attached hydrogens (tertiary/aromatic N) is 3. The molecule has 2 heterocycles. The van der Waals surface area contributed by atoms with Crippen LogP contribution < -0.4 is 11.1 Å². The monoisotopic (exact) mass is 615 g/mol. The fourth-order valence-corrected chi connectivity index (χ4v) is 5.45. The summed E-state index contributed by atoms with van der Waals surface area (Å²) in [6.45, 7) is 5.86. The summed E-state index contributed by atoms with van der Waals surface area (Å²) in [4.78, 5) is 37.3. The number of carbonyl (C=O) groups is 2. The number of rotatable bonds is 9. The van der Waals surface area contributed by atoms with Gasteiger partial charge in [-0.25, -0.2) is 9.37 Å². The average Bonchev–Trinajstić information content (AvgIpc) is 3.51. The number of carbonyl (C=O) groups excluding carboxylic acids is 2. The fraction of sp³-hybridized carbons (Fsp3) is 0.273. The molecule has 2 amide bonds. The minimum atomic E-state index is -0.851. The molecule has 1 aromatic heterocycles. The third-order valence-electron chi connectivity index (χ3n) is 7.10. The number of nitrogen functional groups attached to an aromatic ring is 1. The molecule has 0 bridgehead atoms. The first-order valence-electron chi connectivity index (χ1n) is 14.2. The molecule has 1 aliphatic rings. The maximum atomic E-state index is 13.5. The summed E-state index contributed by atoms with van der Waals surface area (Å²) < 4.78 is 18.8. The molecule has 1 fully saturated rings. The van der Waals surface area contributed by atoms with Gasteiger partial charge in [0.05, 0.1) is 18.8 Å². The number of aromatic nitrogens is 1. The number of hydrogen-bond acceptors (Lipinski definition) is 8. The van der Waals surface area contributed by atoms with Gasteiger partial charge in [-0.2, -0.15) is 0 Å². The van der Waals surface area contributed by atoms with Gasteiger partial charge in [0.1, 0.15) is 16.5 Å². The van der Waals surface area contributed by atoms with Crippen molar-refractivity contribution in [2.75, 3.05) is 43.9 Å². The number of benzene rings is 3. The number of hydrogen-bond donors (Lipinski definition) is 3. The van der Waals surface area contributed by atoms with Crippen LogP contribution >= 0.6 is 11.3 Å². The van der Waals surface area contributed by atoms with Crippen LogP contribution in [0.25, 0.3) is 21.7 Å². The van der Waals surface area contributed by atoms with Gasteiger partial charge in [-0.1, -0.05) is 12.1 Å². The molecule has 1 saturated heterocycles. The first kappa shape index (κ1) is 31.0. The molecule has 4 N–H and O–H groups in total. The highest BCUT2D eigenvalue weighted by Crippen LogP contribution is 2.34. The van der Waals surface area contributed by atoms with E-state index in [0.717, 1.165) is 0 Å². The normalized spacial score (nSPS) is 13.8. The van der Waals surface area contributed by atoms with Gasteiger partial charge in [0.2, 0.25) is 0 Å². The Morgan fingerprint density at radius 3 is 2.61 bits per heavy atom. The van der Waals surface area contributed by atoms with Crippen molar-refractivity contribution in [3.8, 4) is 21.7 Å². The van der Waals surface area contributed by atoms with E-state index in [9.17, 15) is 19.1 Å². The van der Waals surface area contributed by atoms with E-state index in [4.69, 9.17) is 10.5 Å². The molecule has 0 saturated carbocycles. The van der Waals surface area contributed by atoms with Gasteiger partial charge in [0.25, 0.3) is 11.8 Å². The molecular formula is C33H34FN5O4S. The van der Waals surface area contributed by atoms with Gasteiger partial charge in [0, 0.05) is 64.9 Å². The summed E-state index contributed by atoms with van der Waals surface area (Å²) in [5.74, 6) is -0.888. The quantitative estimate of drug-likeness (QED) is 0.168. The number of halogens is 1. The lowest BCUT2D eigenvalue weighted by Crippen LogP contribution is -2.40. The highest BCUT2D eigenvalue weighted by Gasteiger charge is 2.21. The molecule has 11 heteroatoms. The van der Waals surface area contributed by atoms with E-state index in [2.05, 4.69) is 15.3 Å². The van der Waals surface area contributed by atoms with E-state index in [-0.39, 0.29) is 17.4 Å². The van der Waals surface area contributed by atoms with Crippen LogP contribution in [0.15, 0.2) is 71.0 Å². The second-order valence-electron chi connectivity index (χ2n) is 11.1. The predicted molar refractivity (Wildman–Crippen MR) is 172 cm³/mol. The molecule has 0 spiro atoms. The fourth-order valence-electron chi connectivity index (χ4n) is 4.65. The summed E-state index contributed by atoms with van der Waals surface area (Å²) in [6.07, 6.45) is 2.09. The van der Waals surface area contributed by atoms with Crippen LogP contribution in [0.5, 0.6) is 0 Å². The van der Waals surface area contributed by atoms with Crippen molar-refractivity contribution in [1.82, 2.24) is 9.88 Å². The predicted octanol–water partition coefficient (Wildman–Crippen LogP) is 5.50. The molecule has 44 heavy (non-hydrogen) atoms. The molecule has 5 rings (SSSR count). The largest absolute Gasteiger partial charge is 0.398 e. The van der Waals surface area contributed by atoms with E-state index in [1.54, 1.807) is 72.8 Å². The van der Waals surface area contributed by atoms with Crippen LogP contribution in [-0.2, 0) is 4.74 Å². The minimum absolute atomic E-state index is 0.0972. The van der Waals surface area contributed by atoms with E-state index < -0.39 is 11.5 Å². The SMILES string of the molecule is CC(C)(O)CCN=Cc1cc(NC(=O)c2csc(-c3ccc(F)cc3)n2)c(-c2cccc(C(=O)N3CCOCC3)c2)cc1N. The number of morpholine rings is 1. The van der Waals surface area contributed by atoms with Crippen LogP contribution in [0.3, 0.4) is 0 Å². The number of amides is 2. The number of aliphatic imine (C=N–C) groups is 1. The van der Waals surface area contributed by atoms with Crippen molar-refractivity contribution < 1.29 is 23.8 Å². The average molecular weight is 616 g/mol. The highest BCUT2D eigenvalue weighted by atomic mass is 32.1. The van der Waals surface area contributed by atoms with Crippen molar-refractivity contribution in [1.29, 1.82) is 0 Å². The Morgan fingerprint density at radius 2 is 1.89 bits per heavy atom. The summed E-state index contributed by atoms with van der Waals surface area (Å²) >= 11 is 1.28. The van der Waals surface area contributed by atoms with Crippen molar-refractivity contribution in [2.45, 2.75) is 25.9 Å². The first-order chi connectivity index (χ1) is 21.1. The van der Waals surface area contributed by atoms with E-state index in [1.165, 1.54) is 23.5 Å². The maximum absolute atomic E-state index is 13.5. The number of nitrogens with two attached hydrogens (primary N) is 1. The van der Waals surface area contributed by atoms with Crippen LogP contribution in [0.4, 0.5) is 15.8 Å². The third-order valence-corrected chi connectivity index (χ3v) is 7.99. The molecule has 1 aliphatic heterocycles. The standard InChI is InChI=1S/C33H34FN5O4S/c1-33(2,42)10-11-36-19-24-17-28(37-30(40)29-20-44-31(38-29)21-6-8-25(34)9-7-21)26(18-27(24)35)22-4-3-5-23(16-22)32(41)39-12-14-43-15-13-39/h3-9,16-20,42H,10-15,35H2,1-2H3,(H,37,40). The Kier molecular flexibility index (Phi) is 9.48. The Hall–Kier alpha value is -4.45. The maximum Gasteiger partial charge on any atom is 0.275 e. The number of thiazole rings is 1. The van der Waals surface area contributed by atoms with E-state index in [0.29, 0.717) is 83.5 Å². The molecule has 9 nitrogen and oxygen atoms in total. The van der Waals surface area contributed by atoms with Crippen LogP contribution in [0.2, 0.25) is 0 Å². The first-order valence-corrected chi connectivity index (χ1v) is 15.1. The lowest BCUT2D eigenvalue weighted by Gasteiger charge is -2.27. The van der Waals surface area contributed by atoms with Gasteiger partial charge < -0.3 is 25.8 Å². The van der Waals surface area contributed by atoms with Gasteiger partial charge >= 0.3 is 0 Å². The van der Waals surface area contributed by atoms with Gasteiger partial charge in [-0.15, -0.1) is 11.3 Å². The lowest BCUT2D eigenvalue weighted by atomic mass is 9.98. The number of ether oxygens (including phenoxy) is 1. The third kappa shape index (κ3) is 7.73. The summed E-state index contributed by atoms with van der Waals surface area (Å²) in [5.41, 5.74) is 9.82. The second-order valence-corrected chi connectivity index (χ2v) is 12.0. The summed E-state index contributed by atoms with van der Waals surface area (Å²) in [6, 6.07) is 16.6. The smallest absolute Gasteiger partial charge is 0.275 e. The molecule has 0 radical (unpaired) electrons.